The number of hydrogen-bond donors (Lipinski definition) is 1. The standard InChI is InChI=1S/C13H15N3O/c1-13(2)9-16(12(17)8-15-13)11-6-4-3-5-10(11)7-14/h3-6,15H,8-9H2,1-2H3. The van der Waals surface area contributed by atoms with Crippen LogP contribution in [0.15, 0.2) is 24.3 Å². The van der Waals surface area contributed by atoms with E-state index in [1.165, 1.54) is 0 Å². The molecule has 17 heavy (non-hydrogen) atoms. The van der Waals surface area contributed by atoms with Crippen LogP contribution in [0.3, 0.4) is 0 Å². The van der Waals surface area contributed by atoms with Gasteiger partial charge in [0.25, 0.3) is 0 Å². The summed E-state index contributed by atoms with van der Waals surface area (Å²) >= 11 is 0. The van der Waals surface area contributed by atoms with Crippen molar-refractivity contribution in [3.8, 4) is 6.07 Å². The van der Waals surface area contributed by atoms with Crippen LogP contribution in [0.2, 0.25) is 0 Å². The lowest BCUT2D eigenvalue weighted by Gasteiger charge is -2.39. The highest BCUT2D eigenvalue weighted by Crippen LogP contribution is 2.23. The zero-order valence-electron chi connectivity index (χ0n) is 10.0. The van der Waals surface area contributed by atoms with Gasteiger partial charge in [0.2, 0.25) is 5.91 Å². The molecule has 0 unspecified atom stereocenters. The van der Waals surface area contributed by atoms with E-state index in [1.54, 1.807) is 17.0 Å². The maximum atomic E-state index is 11.9. The minimum atomic E-state index is -0.128. The van der Waals surface area contributed by atoms with Crippen LogP contribution in [0.1, 0.15) is 19.4 Å². The van der Waals surface area contributed by atoms with Gasteiger partial charge in [-0.3, -0.25) is 4.79 Å². The first-order valence-electron chi connectivity index (χ1n) is 5.58. The van der Waals surface area contributed by atoms with Gasteiger partial charge in [0, 0.05) is 12.1 Å². The average molecular weight is 229 g/mol. The predicted molar refractivity (Wildman–Crippen MR) is 65.6 cm³/mol. The first-order chi connectivity index (χ1) is 8.03. The molecule has 0 atom stereocenters. The number of benzene rings is 1. The van der Waals surface area contributed by atoms with E-state index in [0.717, 1.165) is 0 Å². The van der Waals surface area contributed by atoms with Crippen LogP contribution >= 0.6 is 0 Å². The van der Waals surface area contributed by atoms with Gasteiger partial charge in [-0.25, -0.2) is 0 Å². The van der Waals surface area contributed by atoms with Crippen molar-refractivity contribution in [2.75, 3.05) is 18.0 Å². The third-order valence-corrected chi connectivity index (χ3v) is 2.89. The number of carbonyl (C=O) groups excluding carboxylic acids is 1. The van der Waals surface area contributed by atoms with Gasteiger partial charge in [0.15, 0.2) is 0 Å². The number of piperazine rings is 1. The van der Waals surface area contributed by atoms with Gasteiger partial charge < -0.3 is 10.2 Å². The molecule has 4 heteroatoms. The van der Waals surface area contributed by atoms with E-state index in [4.69, 9.17) is 5.26 Å². The SMILES string of the molecule is CC1(C)CN(c2ccccc2C#N)C(=O)CN1. The average Bonchev–Trinajstić information content (AvgIpc) is 2.32. The van der Waals surface area contributed by atoms with Gasteiger partial charge in [-0.2, -0.15) is 5.26 Å². The van der Waals surface area contributed by atoms with Crippen molar-refractivity contribution in [1.82, 2.24) is 5.32 Å². The van der Waals surface area contributed by atoms with Crippen LogP contribution in [0.4, 0.5) is 5.69 Å². The van der Waals surface area contributed by atoms with Crippen molar-refractivity contribution in [2.45, 2.75) is 19.4 Å². The summed E-state index contributed by atoms with van der Waals surface area (Å²) in [5, 5.41) is 12.2. The molecule has 1 aliphatic heterocycles. The van der Waals surface area contributed by atoms with Gasteiger partial charge in [-0.1, -0.05) is 12.1 Å². The molecule has 4 nitrogen and oxygen atoms in total. The van der Waals surface area contributed by atoms with Crippen LogP contribution in [-0.2, 0) is 4.79 Å². The molecule has 0 aliphatic carbocycles. The number of carbonyl (C=O) groups is 1. The quantitative estimate of drug-likeness (QED) is 0.789. The summed E-state index contributed by atoms with van der Waals surface area (Å²) in [5.74, 6) is 0.00650. The van der Waals surface area contributed by atoms with Gasteiger partial charge in [0.1, 0.15) is 6.07 Å². The topological polar surface area (TPSA) is 56.1 Å². The normalized spacial score (nSPS) is 18.9. The van der Waals surface area contributed by atoms with E-state index in [2.05, 4.69) is 11.4 Å². The molecule has 1 saturated heterocycles. The number of nitrogens with zero attached hydrogens (tertiary/aromatic N) is 2. The van der Waals surface area contributed by atoms with Crippen LogP contribution in [0.25, 0.3) is 0 Å². The van der Waals surface area contributed by atoms with Crippen LogP contribution in [0.5, 0.6) is 0 Å². The number of nitrogens with one attached hydrogen (secondary N) is 1. The Kier molecular flexibility index (Phi) is 2.86. The van der Waals surface area contributed by atoms with E-state index < -0.39 is 0 Å². The Morgan fingerprint density at radius 3 is 2.82 bits per heavy atom. The molecule has 0 aromatic heterocycles. The summed E-state index contributed by atoms with van der Waals surface area (Å²) in [7, 11) is 0. The highest BCUT2D eigenvalue weighted by atomic mass is 16.2. The fourth-order valence-corrected chi connectivity index (χ4v) is 1.97. The van der Waals surface area contributed by atoms with Crippen molar-refractivity contribution in [3.05, 3.63) is 29.8 Å². The molecule has 1 aromatic rings. The molecule has 1 aromatic carbocycles. The predicted octanol–water partition coefficient (Wildman–Crippen LogP) is 1.27. The number of nitriles is 1. The molecule has 0 spiro atoms. The summed E-state index contributed by atoms with van der Waals surface area (Å²) in [4.78, 5) is 13.6. The lowest BCUT2D eigenvalue weighted by Crippen LogP contribution is -2.60. The smallest absolute Gasteiger partial charge is 0.241 e. The number of anilines is 1. The van der Waals surface area contributed by atoms with E-state index in [1.807, 2.05) is 26.0 Å². The largest absolute Gasteiger partial charge is 0.308 e. The Morgan fingerprint density at radius 2 is 2.12 bits per heavy atom. The second-order valence-electron chi connectivity index (χ2n) is 4.85. The Balaban J connectivity index is 2.38. The first kappa shape index (κ1) is 11.6. The Bertz CT molecular complexity index is 488. The van der Waals surface area contributed by atoms with E-state index >= 15 is 0 Å². The molecule has 0 bridgehead atoms. The minimum absolute atomic E-state index is 0.00650. The third kappa shape index (κ3) is 2.29. The zero-order chi connectivity index (χ0) is 12.5. The molecule has 1 amide bonds. The Morgan fingerprint density at radius 1 is 1.41 bits per heavy atom. The first-order valence-corrected chi connectivity index (χ1v) is 5.58. The maximum Gasteiger partial charge on any atom is 0.241 e. The lowest BCUT2D eigenvalue weighted by molar-refractivity contribution is -0.119. The summed E-state index contributed by atoms with van der Waals surface area (Å²) in [6.07, 6.45) is 0. The molecular formula is C13H15N3O. The molecule has 1 aliphatic rings. The highest BCUT2D eigenvalue weighted by molar-refractivity contribution is 5.97. The fraction of sp³-hybridized carbons (Fsp3) is 0.385. The molecule has 1 fully saturated rings. The summed E-state index contributed by atoms with van der Waals surface area (Å²) in [5.41, 5.74) is 1.12. The van der Waals surface area contributed by atoms with Gasteiger partial charge in [-0.15, -0.1) is 0 Å². The monoisotopic (exact) mass is 229 g/mol. The number of amides is 1. The van der Waals surface area contributed by atoms with Crippen molar-refractivity contribution >= 4 is 11.6 Å². The van der Waals surface area contributed by atoms with Crippen molar-refractivity contribution in [1.29, 1.82) is 5.26 Å². The summed E-state index contributed by atoms with van der Waals surface area (Å²) in [6.45, 7) is 4.97. The van der Waals surface area contributed by atoms with Gasteiger partial charge >= 0.3 is 0 Å². The third-order valence-electron chi connectivity index (χ3n) is 2.89. The Hall–Kier alpha value is -1.86. The second kappa shape index (κ2) is 4.19. The minimum Gasteiger partial charge on any atom is -0.308 e. The van der Waals surface area contributed by atoms with Crippen LogP contribution in [-0.4, -0.2) is 24.5 Å². The molecule has 88 valence electrons. The van der Waals surface area contributed by atoms with Crippen LogP contribution < -0.4 is 10.2 Å². The summed E-state index contributed by atoms with van der Waals surface area (Å²) < 4.78 is 0. The maximum absolute atomic E-state index is 11.9. The lowest BCUT2D eigenvalue weighted by atomic mass is 10.0. The molecule has 0 radical (unpaired) electrons. The Labute approximate surface area is 101 Å². The molecule has 0 saturated carbocycles. The van der Waals surface area contributed by atoms with Crippen molar-refractivity contribution in [3.63, 3.8) is 0 Å². The second-order valence-corrected chi connectivity index (χ2v) is 4.85. The fourth-order valence-electron chi connectivity index (χ4n) is 1.97. The summed E-state index contributed by atoms with van der Waals surface area (Å²) in [6, 6.07) is 9.33. The molecule has 2 rings (SSSR count). The van der Waals surface area contributed by atoms with Crippen molar-refractivity contribution < 1.29 is 4.79 Å². The van der Waals surface area contributed by atoms with E-state index in [9.17, 15) is 4.79 Å². The van der Waals surface area contributed by atoms with Gasteiger partial charge in [0.05, 0.1) is 17.8 Å². The highest BCUT2D eigenvalue weighted by Gasteiger charge is 2.32. The molecular weight excluding hydrogens is 214 g/mol. The van der Waals surface area contributed by atoms with E-state index in [0.29, 0.717) is 24.3 Å². The van der Waals surface area contributed by atoms with Crippen molar-refractivity contribution in [2.24, 2.45) is 0 Å². The molecule has 1 N–H and O–H groups in total. The number of hydrogen-bond acceptors (Lipinski definition) is 3. The zero-order valence-corrected chi connectivity index (χ0v) is 10.0. The molecule has 1 heterocycles. The van der Waals surface area contributed by atoms with Gasteiger partial charge in [-0.05, 0) is 26.0 Å². The number of rotatable bonds is 1. The number of para-hydroxylation sites is 1. The van der Waals surface area contributed by atoms with E-state index in [-0.39, 0.29) is 11.4 Å². The van der Waals surface area contributed by atoms with Crippen LogP contribution in [0, 0.1) is 11.3 Å².